The number of likely N-dealkylation sites (N-methyl/N-ethyl adjacent to an activating group) is 2. The molecule has 1 unspecified atom stereocenters. The minimum Gasteiger partial charge on any atom is -0.493 e. The molecule has 1 N–H and O–H groups in total. The Balaban J connectivity index is 1.34. The van der Waals surface area contributed by atoms with Crippen LogP contribution in [0.25, 0.3) is 0 Å². The largest absolute Gasteiger partial charge is 0.493 e. The Labute approximate surface area is 330 Å². The van der Waals surface area contributed by atoms with Crippen LogP contribution in [0.1, 0.15) is 51.9 Å². The van der Waals surface area contributed by atoms with Gasteiger partial charge >= 0.3 is 6.03 Å². The molecule has 4 aromatic rings. The van der Waals surface area contributed by atoms with Crippen molar-refractivity contribution in [2.24, 2.45) is 0 Å². The molecule has 2 aliphatic heterocycles. The Kier molecular flexibility index (Phi) is 12.5. The van der Waals surface area contributed by atoms with Gasteiger partial charge in [0.15, 0.2) is 23.1 Å². The molecule has 9 nitrogen and oxygen atoms in total. The number of benzene rings is 4. The van der Waals surface area contributed by atoms with E-state index in [9.17, 15) is 14.0 Å². The predicted molar refractivity (Wildman–Crippen MR) is 212 cm³/mol. The molecule has 1 saturated heterocycles. The van der Waals surface area contributed by atoms with Gasteiger partial charge in [0.1, 0.15) is 0 Å². The Morgan fingerprint density at radius 2 is 1.58 bits per heavy atom. The standard InChI is InChI=1S/C42H47ClF2N4O5S/c1-47(39(50)30-22-36(52-3)38(54-5)37(23-30)53-4)27-41(31-14-15-34(44)35(45)24-31,48(2)40(51)46-25-28-10-7-9-13-33(28)43)16-19-49-20-17-42(18-21-49)32-12-8-6-11-29(32)26-55-42/h6-15,22-24H,16-21,25-27H2,1-5H3,(H,46,51). The second-order valence-corrected chi connectivity index (χ2v) is 15.8. The van der Waals surface area contributed by atoms with E-state index in [-0.39, 0.29) is 23.4 Å². The number of carbonyl (C=O) groups excluding carboxylic acids is 2. The van der Waals surface area contributed by atoms with Crippen LogP contribution in [-0.2, 0) is 22.6 Å². The molecule has 292 valence electrons. The zero-order valence-corrected chi connectivity index (χ0v) is 33.4. The van der Waals surface area contributed by atoms with Crippen LogP contribution in [-0.4, -0.2) is 88.2 Å². The van der Waals surface area contributed by atoms with Crippen molar-refractivity contribution >= 4 is 35.3 Å². The number of piperidine rings is 1. The molecule has 4 aromatic carbocycles. The van der Waals surface area contributed by atoms with Gasteiger partial charge in [0, 0.05) is 54.8 Å². The number of amides is 3. The number of halogens is 3. The first-order valence-electron chi connectivity index (χ1n) is 18.2. The molecule has 1 spiro atoms. The maximum absolute atomic E-state index is 15.2. The number of fused-ring (bicyclic) bond motifs is 2. The second-order valence-electron chi connectivity index (χ2n) is 14.1. The molecular weight excluding hydrogens is 746 g/mol. The predicted octanol–water partition coefficient (Wildman–Crippen LogP) is 8.08. The highest BCUT2D eigenvalue weighted by Crippen LogP contribution is 2.53. The summed E-state index contributed by atoms with van der Waals surface area (Å²) in [6.45, 7) is 2.22. The first-order chi connectivity index (χ1) is 26.4. The average molecular weight is 793 g/mol. The van der Waals surface area contributed by atoms with Crippen molar-refractivity contribution in [3.05, 3.63) is 123 Å². The summed E-state index contributed by atoms with van der Waals surface area (Å²) in [5.41, 5.74) is 2.79. The molecule has 0 bridgehead atoms. The average Bonchev–Trinajstić information content (AvgIpc) is 3.56. The van der Waals surface area contributed by atoms with Crippen LogP contribution in [0.2, 0.25) is 5.02 Å². The van der Waals surface area contributed by atoms with Gasteiger partial charge in [-0.2, -0.15) is 0 Å². The van der Waals surface area contributed by atoms with E-state index in [1.807, 2.05) is 23.9 Å². The van der Waals surface area contributed by atoms with E-state index in [0.717, 1.165) is 43.8 Å². The molecule has 0 aromatic heterocycles. The topological polar surface area (TPSA) is 83.6 Å². The van der Waals surface area contributed by atoms with Gasteiger partial charge in [0.2, 0.25) is 5.75 Å². The van der Waals surface area contributed by atoms with Crippen molar-refractivity contribution in [2.45, 2.75) is 41.8 Å². The molecule has 0 radical (unpaired) electrons. The lowest BCUT2D eigenvalue weighted by molar-refractivity contribution is 0.0537. The highest BCUT2D eigenvalue weighted by atomic mass is 35.5. The number of nitrogens with zero attached hydrogens (tertiary/aromatic N) is 3. The Morgan fingerprint density at radius 3 is 2.24 bits per heavy atom. The van der Waals surface area contributed by atoms with Gasteiger partial charge in [-0.1, -0.05) is 60.1 Å². The lowest BCUT2D eigenvalue weighted by Gasteiger charge is -2.46. The van der Waals surface area contributed by atoms with Crippen molar-refractivity contribution < 1.29 is 32.6 Å². The normalized spacial score (nSPS) is 15.9. The summed E-state index contributed by atoms with van der Waals surface area (Å²) >= 11 is 8.43. The molecule has 2 aliphatic rings. The first kappa shape index (κ1) is 40.2. The zero-order valence-electron chi connectivity index (χ0n) is 31.8. The summed E-state index contributed by atoms with van der Waals surface area (Å²) in [7, 11) is 7.65. The SMILES string of the molecule is COc1cc(C(=O)N(C)CC(CCN2CCC3(CC2)SCc2ccccc23)(c2ccc(F)c(F)c2)N(C)C(=O)NCc2ccccc2Cl)cc(OC)c1OC. The summed E-state index contributed by atoms with van der Waals surface area (Å²) in [4.78, 5) is 33.9. The third-order valence-corrected chi connectivity index (χ3v) is 13.1. The fourth-order valence-electron chi connectivity index (χ4n) is 7.86. The number of carbonyl (C=O) groups is 2. The van der Waals surface area contributed by atoms with Gasteiger partial charge in [-0.05, 0) is 84.9 Å². The van der Waals surface area contributed by atoms with Crippen molar-refractivity contribution in [1.82, 2.24) is 20.0 Å². The van der Waals surface area contributed by atoms with Crippen LogP contribution in [0.4, 0.5) is 13.6 Å². The third-order valence-electron chi connectivity index (χ3n) is 11.1. The Morgan fingerprint density at radius 1 is 0.909 bits per heavy atom. The van der Waals surface area contributed by atoms with Gasteiger partial charge in [-0.25, -0.2) is 13.6 Å². The fraction of sp³-hybridized carbons (Fsp3) is 0.381. The van der Waals surface area contributed by atoms with Crippen LogP contribution in [0.3, 0.4) is 0 Å². The van der Waals surface area contributed by atoms with Crippen LogP contribution in [0.15, 0.2) is 78.9 Å². The molecule has 1 atom stereocenters. The van der Waals surface area contributed by atoms with E-state index in [0.29, 0.717) is 46.4 Å². The highest BCUT2D eigenvalue weighted by molar-refractivity contribution is 7.99. The number of ether oxygens (including phenoxy) is 3. The van der Waals surface area contributed by atoms with Crippen molar-refractivity contribution in [2.75, 3.05) is 61.6 Å². The number of urea groups is 1. The van der Waals surface area contributed by atoms with E-state index in [4.69, 9.17) is 25.8 Å². The highest BCUT2D eigenvalue weighted by Gasteiger charge is 2.45. The maximum atomic E-state index is 15.2. The molecule has 2 heterocycles. The smallest absolute Gasteiger partial charge is 0.318 e. The summed E-state index contributed by atoms with van der Waals surface area (Å²) in [6, 6.07) is 22.2. The number of likely N-dealkylation sites (tertiary alicyclic amines) is 1. The second kappa shape index (κ2) is 17.1. The van der Waals surface area contributed by atoms with Crippen LogP contribution in [0, 0.1) is 11.6 Å². The summed E-state index contributed by atoms with van der Waals surface area (Å²) < 4.78 is 46.3. The van der Waals surface area contributed by atoms with Crippen molar-refractivity contribution in [1.29, 1.82) is 0 Å². The van der Waals surface area contributed by atoms with E-state index < -0.39 is 29.1 Å². The summed E-state index contributed by atoms with van der Waals surface area (Å²) in [6.07, 6.45) is 2.22. The molecular formula is C42H47ClF2N4O5S. The van der Waals surface area contributed by atoms with Crippen molar-refractivity contribution in [3.8, 4) is 17.2 Å². The number of methoxy groups -OCH3 is 3. The van der Waals surface area contributed by atoms with Gasteiger partial charge in [-0.3, -0.25) is 4.79 Å². The van der Waals surface area contributed by atoms with E-state index in [1.165, 1.54) is 48.3 Å². The van der Waals surface area contributed by atoms with E-state index in [1.54, 1.807) is 38.4 Å². The molecule has 0 saturated carbocycles. The molecule has 13 heteroatoms. The van der Waals surface area contributed by atoms with Crippen LogP contribution >= 0.6 is 23.4 Å². The van der Waals surface area contributed by atoms with Gasteiger partial charge in [-0.15, -0.1) is 11.8 Å². The molecule has 0 aliphatic carbocycles. The minimum absolute atomic E-state index is 0.0623. The Hall–Kier alpha value is -4.52. The number of nitrogens with one attached hydrogen (secondary N) is 1. The Bertz CT molecular complexity index is 2000. The van der Waals surface area contributed by atoms with Gasteiger partial charge < -0.3 is 34.2 Å². The number of rotatable bonds is 13. The number of thioether (sulfide) groups is 1. The van der Waals surface area contributed by atoms with E-state index >= 15 is 4.39 Å². The summed E-state index contributed by atoms with van der Waals surface area (Å²) in [5, 5.41) is 3.46. The van der Waals surface area contributed by atoms with Crippen LogP contribution in [0.5, 0.6) is 17.2 Å². The molecule has 1 fully saturated rings. The van der Waals surface area contributed by atoms with Gasteiger partial charge in [0.05, 0.1) is 26.9 Å². The zero-order chi connectivity index (χ0) is 39.3. The fourth-order valence-corrected chi connectivity index (χ4v) is 9.57. The van der Waals surface area contributed by atoms with Gasteiger partial charge in [0.25, 0.3) is 5.91 Å². The minimum atomic E-state index is -1.33. The lowest BCUT2D eigenvalue weighted by atomic mass is 9.82. The molecule has 55 heavy (non-hydrogen) atoms. The van der Waals surface area contributed by atoms with Crippen molar-refractivity contribution in [3.63, 3.8) is 0 Å². The lowest BCUT2D eigenvalue weighted by Crippen LogP contribution is -2.58. The number of hydrogen-bond acceptors (Lipinski definition) is 7. The van der Waals surface area contributed by atoms with E-state index in [2.05, 4.69) is 34.5 Å². The summed E-state index contributed by atoms with van der Waals surface area (Å²) in [5.74, 6) is -0.551. The van der Waals surface area contributed by atoms with Crippen LogP contribution < -0.4 is 19.5 Å². The monoisotopic (exact) mass is 792 g/mol. The third kappa shape index (κ3) is 8.22. The number of hydrogen-bond donors (Lipinski definition) is 1. The quantitative estimate of drug-likeness (QED) is 0.147. The maximum Gasteiger partial charge on any atom is 0.318 e. The first-order valence-corrected chi connectivity index (χ1v) is 19.5. The molecule has 6 rings (SSSR count). The molecule has 3 amide bonds.